The number of carboxylic acid groups (broad SMARTS) is 1. The third-order valence-electron chi connectivity index (χ3n) is 10.8. The predicted molar refractivity (Wildman–Crippen MR) is 205 cm³/mol. The maximum atomic E-state index is 14.6. The van der Waals surface area contributed by atoms with Crippen LogP contribution in [0.15, 0.2) is 60.0 Å². The number of hydrogen-bond donors (Lipinski definition) is 3. The summed E-state index contributed by atoms with van der Waals surface area (Å²) in [4.78, 5) is 52.7. The molecule has 0 unspecified atom stereocenters. The normalized spacial score (nSPS) is 25.3. The highest BCUT2D eigenvalue weighted by Gasteiger charge is 2.61. The number of ether oxygens (including phenoxy) is 2. The molecule has 1 saturated carbocycles. The average molecular weight is 756 g/mol. The highest BCUT2D eigenvalue weighted by molar-refractivity contribution is 7.13. The van der Waals surface area contributed by atoms with Crippen LogP contribution in [0, 0.1) is 18.7 Å². The summed E-state index contributed by atoms with van der Waals surface area (Å²) >= 11 is 1.50. The molecule has 1 aliphatic carbocycles. The molecule has 3 N–H and O–H groups in total. The number of hydrogen-bond acceptors (Lipinski definition) is 9. The first kappa shape index (κ1) is 37.3. The van der Waals surface area contributed by atoms with E-state index in [1.165, 1.54) is 28.4 Å². The number of nitrogens with zero attached hydrogens (tertiary/aromatic N) is 3. The smallest absolute Gasteiger partial charge is 0.330 e. The molecule has 0 bridgehead atoms. The van der Waals surface area contributed by atoms with Gasteiger partial charge in [0.15, 0.2) is 0 Å². The van der Waals surface area contributed by atoms with Gasteiger partial charge < -0.3 is 30.1 Å². The Hall–Kier alpha value is -5.04. The number of benzene rings is 2. The fourth-order valence-corrected chi connectivity index (χ4v) is 8.52. The van der Waals surface area contributed by atoms with Gasteiger partial charge in [-0.15, -0.1) is 11.3 Å². The number of rotatable bonds is 8. The van der Waals surface area contributed by atoms with Gasteiger partial charge in [0.2, 0.25) is 11.8 Å². The fraction of sp³-hybridized carbons (Fsp3) is 0.439. The fourth-order valence-electron chi connectivity index (χ4n) is 7.58. The summed E-state index contributed by atoms with van der Waals surface area (Å²) in [6.07, 6.45) is 7.32. The first-order valence-corrected chi connectivity index (χ1v) is 19.5. The third-order valence-corrected chi connectivity index (χ3v) is 11.7. The largest absolute Gasteiger partial charge is 0.496 e. The van der Waals surface area contributed by atoms with Gasteiger partial charge in [0.25, 0.3) is 0 Å². The number of allylic oxidation sites excluding steroid dienone is 1. The van der Waals surface area contributed by atoms with E-state index < -0.39 is 41.4 Å². The summed E-state index contributed by atoms with van der Waals surface area (Å²) in [5.41, 5.74) is 2.12. The van der Waals surface area contributed by atoms with Crippen molar-refractivity contribution in [3.8, 4) is 22.2 Å². The summed E-state index contributed by atoms with van der Waals surface area (Å²) in [5, 5.41) is 19.8. The Kier molecular flexibility index (Phi) is 10.6. The number of aromatic nitrogens is 2. The Bertz CT molecular complexity index is 2100. The molecule has 2 aliphatic heterocycles. The van der Waals surface area contributed by atoms with E-state index in [1.54, 1.807) is 19.2 Å². The topological polar surface area (TPSA) is 143 Å². The summed E-state index contributed by atoms with van der Waals surface area (Å²) in [7, 11) is 1.61. The molecule has 2 amide bonds. The number of thiazole rings is 1. The van der Waals surface area contributed by atoms with Gasteiger partial charge in [0.05, 0.1) is 24.9 Å². The SMILES string of the molecule is COc1ccc2c(O[C@@H]3C[C@H]4C(=O)N[C@]5(C(=O)O)C[C@@H]5/C=C\CCCCC[C@H](Nc5cccc(F)c5)C(=O)N4C3)cc(-c3nc(C(C)C)cs3)nc2c1C. The van der Waals surface area contributed by atoms with E-state index in [-0.39, 0.29) is 37.1 Å². The van der Waals surface area contributed by atoms with Crippen LogP contribution >= 0.6 is 11.3 Å². The van der Waals surface area contributed by atoms with Crippen LogP contribution in [0.5, 0.6) is 11.5 Å². The van der Waals surface area contributed by atoms with Crippen molar-refractivity contribution in [3.05, 3.63) is 77.1 Å². The van der Waals surface area contributed by atoms with Gasteiger partial charge in [-0.3, -0.25) is 9.59 Å². The Morgan fingerprint density at radius 1 is 1.13 bits per heavy atom. The molecular weight excluding hydrogens is 710 g/mol. The lowest BCUT2D eigenvalue weighted by Gasteiger charge is -2.30. The molecule has 5 atom stereocenters. The van der Waals surface area contributed by atoms with Gasteiger partial charge in [-0.05, 0) is 68.9 Å². The molecular formula is C41H46FN5O6S. The lowest BCUT2D eigenvalue weighted by molar-refractivity contribution is -0.145. The van der Waals surface area contributed by atoms with Gasteiger partial charge in [-0.1, -0.05) is 44.9 Å². The lowest BCUT2D eigenvalue weighted by atomic mass is 10.0. The molecule has 3 aliphatic rings. The second-order valence-corrected chi connectivity index (χ2v) is 15.7. The summed E-state index contributed by atoms with van der Waals surface area (Å²) in [6.45, 7) is 6.18. The molecule has 54 heavy (non-hydrogen) atoms. The Balaban J connectivity index is 1.25. The zero-order chi connectivity index (χ0) is 38.1. The predicted octanol–water partition coefficient (Wildman–Crippen LogP) is 7.25. The molecule has 7 rings (SSSR count). The molecule has 2 aromatic heterocycles. The minimum Gasteiger partial charge on any atom is -0.496 e. The maximum Gasteiger partial charge on any atom is 0.330 e. The second-order valence-electron chi connectivity index (χ2n) is 14.9. The number of carboxylic acids is 1. The van der Waals surface area contributed by atoms with Gasteiger partial charge in [0, 0.05) is 40.4 Å². The van der Waals surface area contributed by atoms with Crippen LogP contribution in [0.2, 0.25) is 0 Å². The van der Waals surface area contributed by atoms with Crippen LogP contribution in [0.25, 0.3) is 21.6 Å². The number of anilines is 1. The number of nitrogens with one attached hydrogen (secondary N) is 2. The number of carbonyl (C=O) groups excluding carboxylic acids is 2. The minimum atomic E-state index is -1.43. The third kappa shape index (κ3) is 7.51. The first-order chi connectivity index (χ1) is 26.0. The van der Waals surface area contributed by atoms with Gasteiger partial charge in [0.1, 0.15) is 51.7 Å². The number of methoxy groups -OCH3 is 1. The second kappa shape index (κ2) is 15.4. The van der Waals surface area contributed by atoms with Crippen molar-refractivity contribution < 1.29 is 33.4 Å². The van der Waals surface area contributed by atoms with E-state index in [0.29, 0.717) is 34.8 Å². The van der Waals surface area contributed by atoms with E-state index in [9.17, 15) is 23.9 Å². The number of amides is 2. The molecule has 284 valence electrons. The van der Waals surface area contributed by atoms with Crippen LogP contribution in [0.1, 0.15) is 76.0 Å². The van der Waals surface area contributed by atoms with Gasteiger partial charge in [-0.2, -0.15) is 0 Å². The summed E-state index contributed by atoms with van der Waals surface area (Å²) in [6, 6.07) is 9.79. The molecule has 11 nitrogen and oxygen atoms in total. The van der Waals surface area contributed by atoms with E-state index in [1.807, 2.05) is 42.7 Å². The van der Waals surface area contributed by atoms with Crippen LogP contribution in [0.3, 0.4) is 0 Å². The molecule has 0 radical (unpaired) electrons. The van der Waals surface area contributed by atoms with E-state index in [2.05, 4.69) is 24.5 Å². The van der Waals surface area contributed by atoms with Crippen molar-refractivity contribution in [1.82, 2.24) is 20.2 Å². The number of aliphatic carboxylic acids is 1. The molecule has 2 fully saturated rings. The van der Waals surface area contributed by atoms with Crippen molar-refractivity contribution in [3.63, 3.8) is 0 Å². The zero-order valence-corrected chi connectivity index (χ0v) is 31.7. The first-order valence-electron chi connectivity index (χ1n) is 18.6. The maximum absolute atomic E-state index is 14.6. The van der Waals surface area contributed by atoms with E-state index >= 15 is 0 Å². The highest BCUT2D eigenvalue weighted by atomic mass is 32.1. The van der Waals surface area contributed by atoms with Crippen LogP contribution in [-0.2, 0) is 14.4 Å². The molecule has 13 heteroatoms. The van der Waals surface area contributed by atoms with E-state index in [4.69, 9.17) is 19.4 Å². The number of fused-ring (bicyclic) bond motifs is 3. The lowest BCUT2D eigenvalue weighted by Crippen LogP contribution is -2.55. The molecule has 2 aromatic carbocycles. The van der Waals surface area contributed by atoms with Crippen molar-refractivity contribution in [2.45, 2.75) is 95.4 Å². The monoisotopic (exact) mass is 755 g/mol. The number of aryl methyl sites for hydroxylation is 1. The van der Waals surface area contributed by atoms with Gasteiger partial charge in [-0.25, -0.2) is 19.2 Å². The Morgan fingerprint density at radius 2 is 1.96 bits per heavy atom. The molecule has 4 heterocycles. The molecule has 0 spiro atoms. The van der Waals surface area contributed by atoms with E-state index in [0.717, 1.165) is 47.3 Å². The Labute approximate surface area is 318 Å². The average Bonchev–Trinajstić information content (AvgIpc) is 3.44. The standard InChI is InChI=1S/C41H46FN5O6S/c1-23(2)32-22-54-38(45-32)31-19-35(29-15-16-34(52-4)24(3)36(29)44-31)53-28-18-33-37(48)46-41(40(50)51)20-25(41)11-8-6-5-7-9-14-30(39(49)47(33)21-28)43-27-13-10-12-26(42)17-27/h8,10-13,15-17,19,22-23,25,28,30,33,43H,5-7,9,14,18,20-21H2,1-4H3,(H,46,48)(H,50,51)/b11-8-/t25-,28+,30-,33-,41+/m0/s1. The minimum absolute atomic E-state index is 0.0741. The Morgan fingerprint density at radius 3 is 2.70 bits per heavy atom. The van der Waals surface area contributed by atoms with Crippen LogP contribution in [0.4, 0.5) is 10.1 Å². The molecule has 1 saturated heterocycles. The van der Waals surface area contributed by atoms with Crippen molar-refractivity contribution in [2.75, 3.05) is 19.0 Å². The van der Waals surface area contributed by atoms with Crippen LogP contribution in [-0.4, -0.2) is 75.1 Å². The highest BCUT2D eigenvalue weighted by Crippen LogP contribution is 2.46. The molecule has 4 aromatic rings. The van der Waals surface area contributed by atoms with Crippen LogP contribution < -0.4 is 20.1 Å². The van der Waals surface area contributed by atoms with Crippen molar-refractivity contribution in [1.29, 1.82) is 0 Å². The number of pyridine rings is 1. The quantitative estimate of drug-likeness (QED) is 0.159. The van der Waals surface area contributed by atoms with Gasteiger partial charge >= 0.3 is 5.97 Å². The summed E-state index contributed by atoms with van der Waals surface area (Å²) in [5.74, 6) is -1.32. The number of halogens is 1. The van der Waals surface area contributed by atoms with Crippen molar-refractivity contribution >= 4 is 45.7 Å². The van der Waals surface area contributed by atoms with Crippen molar-refractivity contribution in [2.24, 2.45) is 5.92 Å². The zero-order valence-electron chi connectivity index (χ0n) is 30.9. The summed E-state index contributed by atoms with van der Waals surface area (Å²) < 4.78 is 26.6. The number of carbonyl (C=O) groups is 3.